The van der Waals surface area contributed by atoms with Gasteiger partial charge in [0.05, 0.1) is 19.1 Å². The fourth-order valence-electron chi connectivity index (χ4n) is 6.38. The van der Waals surface area contributed by atoms with Crippen LogP contribution in [0.1, 0.15) is 48.7 Å². The molecule has 0 spiro atoms. The average molecular weight is 704 g/mol. The Hall–Kier alpha value is -5.45. The molecule has 9 nitrogen and oxygen atoms in total. The number of benzene rings is 5. The van der Waals surface area contributed by atoms with Crippen molar-refractivity contribution in [3.63, 3.8) is 0 Å². The molecule has 0 radical (unpaired) electrons. The number of hydrogen-bond acceptors (Lipinski definition) is 7. The maximum Gasteiger partial charge on any atom is 0.292 e. The summed E-state index contributed by atoms with van der Waals surface area (Å²) in [6, 6.07) is 38.6. The van der Waals surface area contributed by atoms with E-state index < -0.39 is 19.1 Å². The number of carbonyl (C=O) groups is 1. The highest BCUT2D eigenvalue weighted by Crippen LogP contribution is 2.37. The summed E-state index contributed by atoms with van der Waals surface area (Å²) in [5.41, 5.74) is 3.08. The first-order valence-corrected chi connectivity index (χ1v) is 18.8. The van der Waals surface area contributed by atoms with E-state index in [4.69, 9.17) is 13.9 Å². The fourth-order valence-corrected chi connectivity index (χ4v) is 11.0. The maximum absolute atomic E-state index is 13.3. The van der Waals surface area contributed by atoms with Gasteiger partial charge >= 0.3 is 0 Å². The number of anilines is 2. The molecule has 0 atom stereocenters. The predicted molar refractivity (Wildman–Crippen MR) is 206 cm³/mol. The molecular weight excluding hydrogens is 659 g/mol. The van der Waals surface area contributed by atoms with E-state index in [1.54, 1.807) is 38.5 Å². The monoisotopic (exact) mass is 703 g/mol. The Morgan fingerprint density at radius 3 is 1.94 bits per heavy atom. The third kappa shape index (κ3) is 8.65. The second kappa shape index (κ2) is 16.5. The highest BCUT2D eigenvalue weighted by atomic mass is 28.4. The van der Waals surface area contributed by atoms with Gasteiger partial charge in [-0.05, 0) is 69.7 Å². The van der Waals surface area contributed by atoms with Crippen molar-refractivity contribution in [3.05, 3.63) is 148 Å². The van der Waals surface area contributed by atoms with Gasteiger partial charge in [-0.1, -0.05) is 99.6 Å². The number of aryl methyl sites for hydroxylation is 1. The molecule has 0 saturated carbocycles. The first-order chi connectivity index (χ1) is 24.6. The quantitative estimate of drug-likeness (QED) is 0.0492. The molecule has 1 amide bonds. The van der Waals surface area contributed by atoms with Gasteiger partial charge in [-0.15, -0.1) is 0 Å². The van der Waals surface area contributed by atoms with Crippen LogP contribution in [0.5, 0.6) is 11.5 Å². The molecule has 0 fully saturated rings. The zero-order chi connectivity index (χ0) is 36.4. The molecule has 0 saturated heterocycles. The molecule has 0 aromatic heterocycles. The van der Waals surface area contributed by atoms with Crippen molar-refractivity contribution >= 4 is 41.7 Å². The van der Waals surface area contributed by atoms with Crippen LogP contribution in [0.4, 0.5) is 17.1 Å². The van der Waals surface area contributed by atoms with Crippen molar-refractivity contribution in [2.75, 3.05) is 31.5 Å². The SMILES string of the molecule is COc1ccc(NCc2ccc(C(=O)Nc3cc(CCCO[Si](c4ccccc4)(c4ccccc4)C(C)(C)C)ccc3[N+](=O)[O-])cc2)cc1OC. The van der Waals surface area contributed by atoms with E-state index in [0.29, 0.717) is 43.1 Å². The number of nitro benzene ring substituents is 1. The standard InChI is InChI=1S/C41H45N3O6Si/c1-41(2,3)51(34-14-8-6-9-15-34,35-16-10-7-11-17-35)50-26-12-13-30-20-24-37(44(46)47)36(27-30)43-40(45)32-21-18-31(19-22-32)29-42-33-23-25-38(48-4)39(28-33)49-5/h6-11,14-25,27-28,42H,12-13,26,29H2,1-5H3,(H,43,45). The average Bonchev–Trinajstić information content (AvgIpc) is 3.14. The van der Waals surface area contributed by atoms with Gasteiger partial charge in [0.25, 0.3) is 19.9 Å². The van der Waals surface area contributed by atoms with Crippen molar-refractivity contribution in [2.24, 2.45) is 0 Å². The number of nitrogens with one attached hydrogen (secondary N) is 2. The molecule has 264 valence electrons. The number of carbonyl (C=O) groups excluding carboxylic acids is 1. The van der Waals surface area contributed by atoms with Gasteiger partial charge in [-0.25, -0.2) is 0 Å². The van der Waals surface area contributed by atoms with Gasteiger partial charge in [0.15, 0.2) is 11.5 Å². The van der Waals surface area contributed by atoms with Crippen molar-refractivity contribution in [3.8, 4) is 11.5 Å². The summed E-state index contributed by atoms with van der Waals surface area (Å²) in [5.74, 6) is 0.838. The number of hydrogen-bond donors (Lipinski definition) is 2. The molecule has 5 aromatic carbocycles. The molecule has 2 N–H and O–H groups in total. The summed E-state index contributed by atoms with van der Waals surface area (Å²) < 4.78 is 17.7. The number of nitrogens with zero attached hydrogens (tertiary/aromatic N) is 1. The maximum atomic E-state index is 13.3. The van der Waals surface area contributed by atoms with Crippen LogP contribution in [0.15, 0.2) is 121 Å². The van der Waals surface area contributed by atoms with Crippen molar-refractivity contribution < 1.29 is 23.6 Å². The Labute approximate surface area is 300 Å². The second-order valence-electron chi connectivity index (χ2n) is 13.3. The lowest BCUT2D eigenvalue weighted by atomic mass is 10.1. The normalized spacial score (nSPS) is 11.5. The highest BCUT2D eigenvalue weighted by Gasteiger charge is 2.49. The lowest BCUT2D eigenvalue weighted by Crippen LogP contribution is -2.66. The van der Waals surface area contributed by atoms with E-state index in [0.717, 1.165) is 16.8 Å². The molecule has 0 aliphatic heterocycles. The summed E-state index contributed by atoms with van der Waals surface area (Å²) in [4.78, 5) is 24.7. The van der Waals surface area contributed by atoms with Crippen LogP contribution in [0.25, 0.3) is 0 Å². The van der Waals surface area contributed by atoms with Gasteiger partial charge < -0.3 is 24.5 Å². The van der Waals surface area contributed by atoms with Gasteiger partial charge in [0.2, 0.25) is 0 Å². The van der Waals surface area contributed by atoms with Crippen LogP contribution in [0.2, 0.25) is 5.04 Å². The number of methoxy groups -OCH3 is 2. The Morgan fingerprint density at radius 2 is 1.37 bits per heavy atom. The Balaban J connectivity index is 1.25. The first-order valence-electron chi connectivity index (χ1n) is 16.9. The summed E-state index contributed by atoms with van der Waals surface area (Å²) in [6.45, 7) is 7.77. The molecule has 0 aliphatic carbocycles. The predicted octanol–water partition coefficient (Wildman–Crippen LogP) is 7.99. The van der Waals surface area contributed by atoms with Crippen LogP contribution in [0.3, 0.4) is 0 Å². The third-order valence-corrected chi connectivity index (χ3v) is 14.0. The minimum Gasteiger partial charge on any atom is -0.493 e. The molecule has 0 bridgehead atoms. The summed E-state index contributed by atoms with van der Waals surface area (Å²) in [7, 11) is 0.500. The molecule has 0 aliphatic rings. The van der Waals surface area contributed by atoms with Crippen molar-refractivity contribution in [1.82, 2.24) is 0 Å². The van der Waals surface area contributed by atoms with Gasteiger partial charge in [-0.2, -0.15) is 0 Å². The minimum absolute atomic E-state index is 0.139. The van der Waals surface area contributed by atoms with Crippen LogP contribution in [-0.2, 0) is 17.4 Å². The fraction of sp³-hybridized carbons (Fsp3) is 0.244. The molecule has 0 unspecified atom stereocenters. The first kappa shape index (κ1) is 36.8. The zero-order valence-electron chi connectivity index (χ0n) is 29.8. The Kier molecular flexibility index (Phi) is 11.9. The minimum atomic E-state index is -2.68. The van der Waals surface area contributed by atoms with Gasteiger partial charge in [-0.3, -0.25) is 14.9 Å². The molecular formula is C41H45N3O6Si. The van der Waals surface area contributed by atoms with Crippen molar-refractivity contribution in [2.45, 2.75) is 45.2 Å². The highest BCUT2D eigenvalue weighted by molar-refractivity contribution is 6.99. The molecule has 5 aromatic rings. The van der Waals surface area contributed by atoms with Crippen LogP contribution < -0.4 is 30.5 Å². The molecule has 0 heterocycles. The topological polar surface area (TPSA) is 112 Å². The largest absolute Gasteiger partial charge is 0.493 e. The number of ether oxygens (including phenoxy) is 2. The lowest BCUT2D eigenvalue weighted by molar-refractivity contribution is -0.383. The van der Waals surface area contributed by atoms with Gasteiger partial charge in [0, 0.05) is 36.5 Å². The lowest BCUT2D eigenvalue weighted by Gasteiger charge is -2.43. The van der Waals surface area contributed by atoms with Crippen molar-refractivity contribution in [1.29, 1.82) is 0 Å². The second-order valence-corrected chi connectivity index (χ2v) is 17.6. The van der Waals surface area contributed by atoms with Crippen LogP contribution in [-0.4, -0.2) is 40.0 Å². The zero-order valence-corrected chi connectivity index (χ0v) is 30.8. The number of rotatable bonds is 15. The van der Waals surface area contributed by atoms with Crippen LogP contribution in [0, 0.1) is 10.1 Å². The van der Waals surface area contributed by atoms with Gasteiger partial charge in [0.1, 0.15) is 5.69 Å². The van der Waals surface area contributed by atoms with Crippen LogP contribution >= 0.6 is 0 Å². The Morgan fingerprint density at radius 1 is 0.765 bits per heavy atom. The summed E-state index contributed by atoms with van der Waals surface area (Å²) in [5, 5.41) is 20.3. The number of nitro groups is 1. The number of amides is 1. The smallest absolute Gasteiger partial charge is 0.292 e. The molecule has 51 heavy (non-hydrogen) atoms. The van der Waals surface area contributed by atoms with E-state index in [-0.39, 0.29) is 16.4 Å². The van der Waals surface area contributed by atoms with E-state index in [1.807, 2.05) is 42.5 Å². The molecule has 10 heteroatoms. The van der Waals surface area contributed by atoms with E-state index >= 15 is 0 Å². The summed E-state index contributed by atoms with van der Waals surface area (Å²) in [6.07, 6.45) is 1.33. The van der Waals surface area contributed by atoms with E-state index in [1.165, 1.54) is 16.4 Å². The molecule has 5 rings (SSSR count). The van der Waals surface area contributed by atoms with E-state index in [2.05, 4.69) is 79.9 Å². The van der Waals surface area contributed by atoms with E-state index in [9.17, 15) is 14.9 Å². The summed E-state index contributed by atoms with van der Waals surface area (Å²) >= 11 is 0. The third-order valence-electron chi connectivity index (χ3n) is 8.95. The Bertz CT molecular complexity index is 1890.